The molecule has 2 atom stereocenters. The Balaban J connectivity index is 2.09. The van der Waals surface area contributed by atoms with Crippen molar-refractivity contribution in [2.24, 2.45) is 17.8 Å². The lowest BCUT2D eigenvalue weighted by Crippen LogP contribution is -2.42. The van der Waals surface area contributed by atoms with Crippen LogP contribution in [-0.4, -0.2) is 22.6 Å². The molecule has 2 aliphatic rings. The molecule has 2 rings (SSSR count). The molecule has 124 valence electrons. The lowest BCUT2D eigenvalue weighted by Gasteiger charge is -2.39. The van der Waals surface area contributed by atoms with Gasteiger partial charge in [-0.15, -0.1) is 0 Å². The highest BCUT2D eigenvalue weighted by molar-refractivity contribution is 5.82. The van der Waals surface area contributed by atoms with E-state index in [2.05, 4.69) is 13.8 Å². The van der Waals surface area contributed by atoms with Crippen LogP contribution in [0.25, 0.3) is 0 Å². The number of rotatable bonds is 5. The van der Waals surface area contributed by atoms with Crippen molar-refractivity contribution in [3.05, 3.63) is 12.2 Å². The molecule has 1 fully saturated rings. The molecule has 0 aromatic carbocycles. The Labute approximate surface area is 132 Å². The molecule has 22 heavy (non-hydrogen) atoms. The highest BCUT2D eigenvalue weighted by Gasteiger charge is 2.41. The second-order valence-electron chi connectivity index (χ2n) is 7.26. The van der Waals surface area contributed by atoms with Gasteiger partial charge < -0.3 is 9.84 Å². The van der Waals surface area contributed by atoms with Crippen LogP contribution in [0.15, 0.2) is 12.2 Å². The van der Waals surface area contributed by atoms with Crippen molar-refractivity contribution in [1.82, 2.24) is 0 Å². The van der Waals surface area contributed by atoms with Crippen LogP contribution in [0.4, 0.5) is 0 Å². The molecule has 4 nitrogen and oxygen atoms in total. The van der Waals surface area contributed by atoms with E-state index in [9.17, 15) is 14.7 Å². The van der Waals surface area contributed by atoms with Crippen molar-refractivity contribution in [1.29, 1.82) is 0 Å². The van der Waals surface area contributed by atoms with Crippen molar-refractivity contribution in [3.8, 4) is 0 Å². The van der Waals surface area contributed by atoms with Gasteiger partial charge in [-0.3, -0.25) is 9.59 Å². The van der Waals surface area contributed by atoms with Gasteiger partial charge in [0.2, 0.25) is 0 Å². The van der Waals surface area contributed by atoms with Crippen molar-refractivity contribution in [2.45, 2.75) is 70.8 Å². The molecular formula is C18H28O4. The molecule has 0 spiro atoms. The molecule has 0 amide bonds. The molecule has 0 aromatic rings. The summed E-state index contributed by atoms with van der Waals surface area (Å²) < 4.78 is 5.97. The van der Waals surface area contributed by atoms with Crippen molar-refractivity contribution < 1.29 is 19.4 Å². The standard InChI is InChI=1S/C18H28O4/c1-13(2)12-18(10-6-3-7-11-18)22-17(21)15-9-5-4-8-14(15)16(19)20/h4-5,13-15H,3,6-12H2,1-2H3,(H,19,20). The molecule has 0 radical (unpaired) electrons. The molecule has 1 N–H and O–H groups in total. The first-order valence-electron chi connectivity index (χ1n) is 8.54. The van der Waals surface area contributed by atoms with E-state index in [1.165, 1.54) is 6.42 Å². The van der Waals surface area contributed by atoms with Crippen LogP contribution in [0.5, 0.6) is 0 Å². The van der Waals surface area contributed by atoms with Gasteiger partial charge in [0.05, 0.1) is 11.8 Å². The molecule has 0 aromatic heterocycles. The Morgan fingerprint density at radius 3 is 2.27 bits per heavy atom. The summed E-state index contributed by atoms with van der Waals surface area (Å²) in [7, 11) is 0. The topological polar surface area (TPSA) is 63.6 Å². The number of carbonyl (C=O) groups is 2. The minimum atomic E-state index is -0.896. The van der Waals surface area contributed by atoms with Gasteiger partial charge in [0.1, 0.15) is 5.60 Å². The predicted molar refractivity (Wildman–Crippen MR) is 84.4 cm³/mol. The zero-order valence-electron chi connectivity index (χ0n) is 13.7. The first-order valence-corrected chi connectivity index (χ1v) is 8.54. The average molecular weight is 308 g/mol. The number of hydrogen-bond acceptors (Lipinski definition) is 3. The van der Waals surface area contributed by atoms with Gasteiger partial charge >= 0.3 is 11.9 Å². The Morgan fingerprint density at radius 1 is 1.14 bits per heavy atom. The lowest BCUT2D eigenvalue weighted by molar-refractivity contribution is -0.175. The fourth-order valence-electron chi connectivity index (χ4n) is 3.92. The van der Waals surface area contributed by atoms with E-state index >= 15 is 0 Å². The summed E-state index contributed by atoms with van der Waals surface area (Å²) in [6, 6.07) is 0. The van der Waals surface area contributed by atoms with Crippen molar-refractivity contribution in [2.75, 3.05) is 0 Å². The van der Waals surface area contributed by atoms with Crippen LogP contribution >= 0.6 is 0 Å². The Kier molecular flexibility index (Phi) is 5.65. The highest BCUT2D eigenvalue weighted by atomic mass is 16.6. The fraction of sp³-hybridized carbons (Fsp3) is 0.778. The van der Waals surface area contributed by atoms with Gasteiger partial charge in [-0.2, -0.15) is 0 Å². The molecule has 0 aliphatic heterocycles. The first-order chi connectivity index (χ1) is 10.4. The molecule has 0 saturated heterocycles. The van der Waals surface area contributed by atoms with Gasteiger partial charge in [0.15, 0.2) is 0 Å². The van der Waals surface area contributed by atoms with E-state index in [-0.39, 0.29) is 11.6 Å². The second-order valence-corrected chi connectivity index (χ2v) is 7.26. The van der Waals surface area contributed by atoms with Crippen LogP contribution in [0.1, 0.15) is 65.2 Å². The zero-order chi connectivity index (χ0) is 16.2. The van der Waals surface area contributed by atoms with E-state index in [1.807, 2.05) is 12.2 Å². The summed E-state index contributed by atoms with van der Waals surface area (Å²) in [4.78, 5) is 24.0. The highest BCUT2D eigenvalue weighted by Crippen LogP contribution is 2.39. The minimum absolute atomic E-state index is 0.306. The summed E-state index contributed by atoms with van der Waals surface area (Å²) in [5, 5.41) is 9.33. The van der Waals surface area contributed by atoms with Gasteiger partial charge in [0, 0.05) is 0 Å². The molecule has 0 bridgehead atoms. The Hall–Kier alpha value is -1.32. The third-order valence-electron chi connectivity index (χ3n) is 4.91. The van der Waals surface area contributed by atoms with Crippen LogP contribution in [0, 0.1) is 17.8 Å². The Bertz CT molecular complexity index is 432. The smallest absolute Gasteiger partial charge is 0.310 e. The first kappa shape index (κ1) is 17.0. The molecule has 4 heteroatoms. The van der Waals surface area contributed by atoms with Gasteiger partial charge in [-0.05, 0) is 50.9 Å². The maximum absolute atomic E-state index is 12.6. The minimum Gasteiger partial charge on any atom is -0.481 e. The molecule has 1 saturated carbocycles. The van der Waals surface area contributed by atoms with Gasteiger partial charge in [0.25, 0.3) is 0 Å². The monoisotopic (exact) mass is 308 g/mol. The number of ether oxygens (including phenoxy) is 1. The maximum atomic E-state index is 12.6. The van der Waals surface area contributed by atoms with E-state index in [0.29, 0.717) is 18.8 Å². The lowest BCUT2D eigenvalue weighted by atomic mass is 9.78. The second kappa shape index (κ2) is 7.30. The maximum Gasteiger partial charge on any atom is 0.310 e. The Morgan fingerprint density at radius 2 is 1.73 bits per heavy atom. The summed E-state index contributed by atoms with van der Waals surface area (Å²) in [5.74, 6) is -1.91. The largest absolute Gasteiger partial charge is 0.481 e. The number of esters is 1. The van der Waals surface area contributed by atoms with Crippen LogP contribution in [0.2, 0.25) is 0 Å². The number of aliphatic carboxylic acids is 1. The van der Waals surface area contributed by atoms with Crippen LogP contribution < -0.4 is 0 Å². The quantitative estimate of drug-likeness (QED) is 0.617. The molecule has 2 unspecified atom stereocenters. The number of allylic oxidation sites excluding steroid dienone is 2. The molecular weight excluding hydrogens is 280 g/mol. The third-order valence-corrected chi connectivity index (χ3v) is 4.91. The molecule has 2 aliphatic carbocycles. The number of carboxylic acid groups (broad SMARTS) is 1. The van der Waals surface area contributed by atoms with Crippen LogP contribution in [-0.2, 0) is 14.3 Å². The predicted octanol–water partition coefficient (Wildman–Crippen LogP) is 3.95. The van der Waals surface area contributed by atoms with Gasteiger partial charge in [-0.1, -0.05) is 32.4 Å². The van der Waals surface area contributed by atoms with Gasteiger partial charge in [-0.25, -0.2) is 0 Å². The number of carbonyl (C=O) groups excluding carboxylic acids is 1. The van der Waals surface area contributed by atoms with E-state index in [0.717, 1.165) is 32.1 Å². The summed E-state index contributed by atoms with van der Waals surface area (Å²) >= 11 is 0. The van der Waals surface area contributed by atoms with E-state index in [4.69, 9.17) is 4.74 Å². The van der Waals surface area contributed by atoms with E-state index in [1.54, 1.807) is 0 Å². The fourth-order valence-corrected chi connectivity index (χ4v) is 3.92. The summed E-state index contributed by atoms with van der Waals surface area (Å²) in [6.45, 7) is 4.29. The summed E-state index contributed by atoms with van der Waals surface area (Å²) in [6.07, 6.45) is 10.7. The SMILES string of the molecule is CC(C)CC1(OC(=O)C2CC=CCC2C(=O)O)CCCCC1. The number of carboxylic acids is 1. The normalized spacial score (nSPS) is 27.6. The average Bonchev–Trinajstić information content (AvgIpc) is 2.47. The number of hydrogen-bond donors (Lipinski definition) is 1. The van der Waals surface area contributed by atoms with Crippen molar-refractivity contribution >= 4 is 11.9 Å². The third kappa shape index (κ3) is 4.11. The van der Waals surface area contributed by atoms with E-state index < -0.39 is 17.8 Å². The summed E-state index contributed by atoms with van der Waals surface area (Å²) in [5.41, 5.74) is -0.367. The molecule has 0 heterocycles. The van der Waals surface area contributed by atoms with Crippen LogP contribution in [0.3, 0.4) is 0 Å². The zero-order valence-corrected chi connectivity index (χ0v) is 13.7. The van der Waals surface area contributed by atoms with Crippen molar-refractivity contribution in [3.63, 3.8) is 0 Å².